The minimum atomic E-state index is 0.788. The van der Waals surface area contributed by atoms with Crippen molar-refractivity contribution in [2.45, 2.75) is 0 Å². The summed E-state index contributed by atoms with van der Waals surface area (Å²) < 4.78 is 0. The van der Waals surface area contributed by atoms with Gasteiger partial charge in [0.1, 0.15) is 0 Å². The van der Waals surface area contributed by atoms with Gasteiger partial charge in [-0.05, 0) is 46.5 Å². The highest BCUT2D eigenvalue weighted by Gasteiger charge is 2.00. The Morgan fingerprint density at radius 1 is 0.632 bits per heavy atom. The van der Waals surface area contributed by atoms with Gasteiger partial charge in [-0.1, -0.05) is 36.4 Å². The van der Waals surface area contributed by atoms with Gasteiger partial charge in [-0.2, -0.15) is 0 Å². The van der Waals surface area contributed by atoms with Crippen LogP contribution in [-0.2, 0) is 0 Å². The molecule has 0 unspecified atom stereocenters. The normalized spacial score (nSPS) is 10.3. The van der Waals surface area contributed by atoms with Crippen molar-refractivity contribution in [2.75, 3.05) is 5.73 Å². The number of hydrogen-bond acceptors (Lipinski definition) is 2. The van der Waals surface area contributed by atoms with Gasteiger partial charge in [0, 0.05) is 18.1 Å². The van der Waals surface area contributed by atoms with Gasteiger partial charge < -0.3 is 5.73 Å². The molecular formula is C17H14N2. The Kier molecular flexibility index (Phi) is 2.99. The first kappa shape index (κ1) is 11.5. The van der Waals surface area contributed by atoms with Gasteiger partial charge in [-0.15, -0.1) is 0 Å². The molecule has 3 rings (SSSR count). The summed E-state index contributed by atoms with van der Waals surface area (Å²) in [7, 11) is 0. The van der Waals surface area contributed by atoms with Crippen LogP contribution in [-0.4, -0.2) is 4.98 Å². The number of nitrogens with two attached hydrogens (primary N) is 1. The fourth-order valence-corrected chi connectivity index (χ4v) is 2.12. The summed E-state index contributed by atoms with van der Waals surface area (Å²) in [4.78, 5) is 4.03. The van der Waals surface area contributed by atoms with Crippen molar-refractivity contribution in [1.29, 1.82) is 0 Å². The van der Waals surface area contributed by atoms with E-state index < -0.39 is 0 Å². The lowest BCUT2D eigenvalue weighted by atomic mass is 10.0. The Bertz CT molecular complexity index is 673. The summed E-state index contributed by atoms with van der Waals surface area (Å²) in [5.41, 5.74) is 11.3. The molecule has 3 aromatic rings. The van der Waals surface area contributed by atoms with E-state index in [1.54, 1.807) is 12.4 Å². The SMILES string of the molecule is Nc1cccc(-c2ccc(-c3ccncc3)cc2)c1. The molecule has 0 aliphatic heterocycles. The average molecular weight is 246 g/mol. The predicted molar refractivity (Wildman–Crippen MR) is 79.5 cm³/mol. The maximum absolute atomic E-state index is 5.81. The van der Waals surface area contributed by atoms with Crippen LogP contribution in [0.4, 0.5) is 5.69 Å². The zero-order chi connectivity index (χ0) is 13.1. The molecule has 0 aliphatic carbocycles. The third kappa shape index (κ3) is 2.47. The summed E-state index contributed by atoms with van der Waals surface area (Å²) in [5, 5.41) is 0. The Hall–Kier alpha value is -2.61. The Morgan fingerprint density at radius 2 is 1.21 bits per heavy atom. The van der Waals surface area contributed by atoms with Crippen molar-refractivity contribution in [2.24, 2.45) is 0 Å². The van der Waals surface area contributed by atoms with E-state index in [-0.39, 0.29) is 0 Å². The Balaban J connectivity index is 1.95. The lowest BCUT2D eigenvalue weighted by Crippen LogP contribution is -1.85. The minimum Gasteiger partial charge on any atom is -0.399 e. The third-order valence-electron chi connectivity index (χ3n) is 3.12. The maximum atomic E-state index is 5.81. The van der Waals surface area contributed by atoms with Crippen LogP contribution >= 0.6 is 0 Å². The van der Waals surface area contributed by atoms with Gasteiger partial charge in [-0.3, -0.25) is 4.98 Å². The molecule has 0 fully saturated rings. The van der Waals surface area contributed by atoms with Crippen LogP contribution in [0, 0.1) is 0 Å². The highest BCUT2D eigenvalue weighted by molar-refractivity contribution is 5.71. The van der Waals surface area contributed by atoms with Crippen molar-refractivity contribution >= 4 is 5.69 Å². The van der Waals surface area contributed by atoms with Crippen LogP contribution in [0.3, 0.4) is 0 Å². The van der Waals surface area contributed by atoms with E-state index in [0.29, 0.717) is 0 Å². The van der Waals surface area contributed by atoms with Crippen LogP contribution in [0.5, 0.6) is 0 Å². The average Bonchev–Trinajstić information content (AvgIpc) is 2.48. The first-order valence-corrected chi connectivity index (χ1v) is 6.19. The molecule has 0 saturated carbocycles. The fraction of sp³-hybridized carbons (Fsp3) is 0. The molecule has 1 heterocycles. The van der Waals surface area contributed by atoms with Gasteiger partial charge in [0.05, 0.1) is 0 Å². The van der Waals surface area contributed by atoms with Crippen molar-refractivity contribution in [3.63, 3.8) is 0 Å². The lowest BCUT2D eigenvalue weighted by molar-refractivity contribution is 1.33. The third-order valence-corrected chi connectivity index (χ3v) is 3.12. The van der Waals surface area contributed by atoms with E-state index in [4.69, 9.17) is 5.73 Å². The molecule has 2 nitrogen and oxygen atoms in total. The van der Waals surface area contributed by atoms with Gasteiger partial charge in [0.25, 0.3) is 0 Å². The molecule has 2 N–H and O–H groups in total. The van der Waals surface area contributed by atoms with E-state index in [9.17, 15) is 0 Å². The highest BCUT2D eigenvalue weighted by atomic mass is 14.6. The molecule has 0 bridgehead atoms. The molecular weight excluding hydrogens is 232 g/mol. The molecule has 0 amide bonds. The zero-order valence-corrected chi connectivity index (χ0v) is 10.5. The monoisotopic (exact) mass is 246 g/mol. The fourth-order valence-electron chi connectivity index (χ4n) is 2.12. The number of nitrogen functional groups attached to an aromatic ring is 1. The topological polar surface area (TPSA) is 38.9 Å². The summed E-state index contributed by atoms with van der Waals surface area (Å²) in [6.45, 7) is 0. The first-order chi connectivity index (χ1) is 9.33. The van der Waals surface area contributed by atoms with E-state index in [2.05, 4.69) is 35.3 Å². The molecule has 0 saturated heterocycles. The van der Waals surface area contributed by atoms with Crippen molar-refractivity contribution < 1.29 is 0 Å². The quantitative estimate of drug-likeness (QED) is 0.694. The number of rotatable bonds is 2. The van der Waals surface area contributed by atoms with E-state index in [1.807, 2.05) is 30.3 Å². The van der Waals surface area contributed by atoms with E-state index in [1.165, 1.54) is 16.7 Å². The second-order valence-electron chi connectivity index (χ2n) is 4.44. The molecule has 0 spiro atoms. The van der Waals surface area contributed by atoms with Crippen molar-refractivity contribution in [3.05, 3.63) is 73.1 Å². The summed E-state index contributed by atoms with van der Waals surface area (Å²) in [6.07, 6.45) is 3.61. The maximum Gasteiger partial charge on any atom is 0.0320 e. The van der Waals surface area contributed by atoms with Gasteiger partial charge in [-0.25, -0.2) is 0 Å². The van der Waals surface area contributed by atoms with Crippen LogP contribution in [0.15, 0.2) is 73.1 Å². The van der Waals surface area contributed by atoms with Gasteiger partial charge >= 0.3 is 0 Å². The summed E-state index contributed by atoms with van der Waals surface area (Å²) in [5.74, 6) is 0. The zero-order valence-electron chi connectivity index (χ0n) is 10.5. The Labute approximate surface area is 112 Å². The number of nitrogens with zero attached hydrogens (tertiary/aromatic N) is 1. The van der Waals surface area contributed by atoms with Crippen molar-refractivity contribution in [3.8, 4) is 22.3 Å². The Morgan fingerprint density at radius 3 is 1.84 bits per heavy atom. The number of anilines is 1. The molecule has 0 aliphatic rings. The highest BCUT2D eigenvalue weighted by Crippen LogP contribution is 2.25. The number of pyridine rings is 1. The standard InChI is InChI=1S/C17H14N2/c18-17-3-1-2-16(12-17)14-6-4-13(5-7-14)15-8-10-19-11-9-15/h1-12H,18H2. The molecule has 1 aromatic heterocycles. The van der Waals surface area contributed by atoms with Gasteiger partial charge in [0.15, 0.2) is 0 Å². The number of hydrogen-bond donors (Lipinski definition) is 1. The minimum absolute atomic E-state index is 0.788. The summed E-state index contributed by atoms with van der Waals surface area (Å²) in [6, 6.07) is 20.4. The van der Waals surface area contributed by atoms with Crippen LogP contribution in [0.1, 0.15) is 0 Å². The van der Waals surface area contributed by atoms with Crippen molar-refractivity contribution in [1.82, 2.24) is 4.98 Å². The second-order valence-corrected chi connectivity index (χ2v) is 4.44. The summed E-state index contributed by atoms with van der Waals surface area (Å²) >= 11 is 0. The van der Waals surface area contributed by atoms with Gasteiger partial charge in [0.2, 0.25) is 0 Å². The molecule has 0 atom stereocenters. The predicted octanol–water partition coefficient (Wildman–Crippen LogP) is 4.00. The molecule has 2 heteroatoms. The molecule has 19 heavy (non-hydrogen) atoms. The first-order valence-electron chi connectivity index (χ1n) is 6.19. The van der Waals surface area contributed by atoms with Crippen LogP contribution in [0.2, 0.25) is 0 Å². The number of aromatic nitrogens is 1. The van der Waals surface area contributed by atoms with E-state index >= 15 is 0 Å². The smallest absolute Gasteiger partial charge is 0.0320 e. The lowest BCUT2D eigenvalue weighted by Gasteiger charge is -2.05. The van der Waals surface area contributed by atoms with Crippen LogP contribution in [0.25, 0.3) is 22.3 Å². The number of benzene rings is 2. The van der Waals surface area contributed by atoms with Crippen LogP contribution < -0.4 is 5.73 Å². The largest absolute Gasteiger partial charge is 0.399 e. The second kappa shape index (κ2) is 4.94. The molecule has 2 aromatic carbocycles. The molecule has 92 valence electrons. The van der Waals surface area contributed by atoms with E-state index in [0.717, 1.165) is 11.3 Å². The molecule has 0 radical (unpaired) electrons.